The molecule has 4 heterocycles. The van der Waals surface area contributed by atoms with Gasteiger partial charge in [0.05, 0.1) is 41.7 Å². The molecule has 2 atom stereocenters. The largest absolute Gasteiger partial charge is 0.377 e. The predicted octanol–water partition coefficient (Wildman–Crippen LogP) is 3.85. The molecule has 1 amide bonds. The lowest BCUT2D eigenvalue weighted by atomic mass is 9.94. The van der Waals surface area contributed by atoms with E-state index >= 15 is 0 Å². The molecule has 2 saturated heterocycles. The lowest BCUT2D eigenvalue weighted by Crippen LogP contribution is -2.57. The summed E-state index contributed by atoms with van der Waals surface area (Å²) in [6.45, 7) is 8.69. The quantitative estimate of drug-likeness (QED) is 0.589. The molecular formula is C28H32N6O2. The van der Waals surface area contributed by atoms with E-state index < -0.39 is 0 Å². The Morgan fingerprint density at radius 2 is 2.08 bits per heavy atom. The van der Waals surface area contributed by atoms with Gasteiger partial charge in [-0.1, -0.05) is 6.58 Å². The lowest BCUT2D eigenvalue weighted by molar-refractivity contribution is -0.142. The number of pyridine rings is 1. The van der Waals surface area contributed by atoms with Crippen molar-refractivity contribution < 1.29 is 9.53 Å². The van der Waals surface area contributed by atoms with Crippen LogP contribution in [0.3, 0.4) is 0 Å². The van der Waals surface area contributed by atoms with Crippen molar-refractivity contribution in [3.05, 3.63) is 41.4 Å². The third kappa shape index (κ3) is 4.26. The van der Waals surface area contributed by atoms with Gasteiger partial charge >= 0.3 is 0 Å². The molecule has 8 nitrogen and oxygen atoms in total. The summed E-state index contributed by atoms with van der Waals surface area (Å²) in [6, 6.07) is 4.60. The molecule has 2 saturated carbocycles. The Kier molecular flexibility index (Phi) is 5.96. The van der Waals surface area contributed by atoms with E-state index in [0.29, 0.717) is 42.6 Å². The maximum Gasteiger partial charge on any atom is 0.225 e. The Balaban J connectivity index is 1.34. The molecule has 2 aliphatic carbocycles. The van der Waals surface area contributed by atoms with Gasteiger partial charge in [-0.25, -0.2) is 4.98 Å². The molecule has 0 bridgehead atoms. The standard InChI is InChI=1S/C28H32N6O2/c1-3-21-12-20(15-30-32-21)26-17(2)23(14-29)28(31-27(26)19-6-7-19)33-9-10-34(24(16-33)18-4-5-18)25(35)13-22-8-11-36-22/h3,12,15,18-19,22,24H,1,4-11,13,16H2,2H3/t22-,24+/m1/s1. The van der Waals surface area contributed by atoms with Gasteiger partial charge in [0.15, 0.2) is 0 Å². The first-order chi connectivity index (χ1) is 17.6. The van der Waals surface area contributed by atoms with Crippen molar-refractivity contribution in [3.63, 3.8) is 0 Å². The zero-order chi connectivity index (χ0) is 24.8. The van der Waals surface area contributed by atoms with Crippen LogP contribution < -0.4 is 4.90 Å². The van der Waals surface area contributed by atoms with Gasteiger partial charge in [0, 0.05) is 43.3 Å². The highest BCUT2D eigenvalue weighted by molar-refractivity contribution is 5.79. The highest BCUT2D eigenvalue weighted by Gasteiger charge is 2.42. The van der Waals surface area contributed by atoms with E-state index in [4.69, 9.17) is 9.72 Å². The molecule has 0 aromatic carbocycles. The minimum Gasteiger partial charge on any atom is -0.377 e. The fourth-order valence-electron chi connectivity index (χ4n) is 5.66. The zero-order valence-corrected chi connectivity index (χ0v) is 20.8. The Morgan fingerprint density at radius 3 is 2.72 bits per heavy atom. The summed E-state index contributed by atoms with van der Waals surface area (Å²) in [6.07, 6.45) is 9.52. The Hall–Kier alpha value is -3.31. The Morgan fingerprint density at radius 1 is 1.28 bits per heavy atom. The van der Waals surface area contributed by atoms with Crippen molar-refractivity contribution in [3.8, 4) is 17.2 Å². The molecule has 8 heteroatoms. The molecule has 6 rings (SSSR count). The zero-order valence-electron chi connectivity index (χ0n) is 20.8. The molecule has 4 aliphatic rings. The highest BCUT2D eigenvalue weighted by atomic mass is 16.5. The van der Waals surface area contributed by atoms with Crippen LogP contribution in [0.25, 0.3) is 17.2 Å². The second-order valence-electron chi connectivity index (χ2n) is 10.6. The molecule has 0 unspecified atom stereocenters. The monoisotopic (exact) mass is 484 g/mol. The third-order valence-electron chi connectivity index (χ3n) is 8.10. The van der Waals surface area contributed by atoms with E-state index in [-0.39, 0.29) is 18.1 Å². The van der Waals surface area contributed by atoms with Crippen LogP contribution in [0.2, 0.25) is 0 Å². The normalized spacial score (nSPS) is 23.7. The maximum absolute atomic E-state index is 13.1. The summed E-state index contributed by atoms with van der Waals surface area (Å²) >= 11 is 0. The number of aromatic nitrogens is 3. The molecule has 0 N–H and O–H groups in total. The van der Waals surface area contributed by atoms with Crippen LogP contribution >= 0.6 is 0 Å². The van der Waals surface area contributed by atoms with Crippen molar-refractivity contribution in [2.24, 2.45) is 5.92 Å². The molecule has 4 fully saturated rings. The van der Waals surface area contributed by atoms with Gasteiger partial charge in [-0.05, 0) is 62.7 Å². The van der Waals surface area contributed by atoms with Crippen LogP contribution in [0, 0.1) is 24.2 Å². The van der Waals surface area contributed by atoms with Crippen LogP contribution in [0.4, 0.5) is 5.82 Å². The van der Waals surface area contributed by atoms with Crippen LogP contribution in [0.5, 0.6) is 0 Å². The van der Waals surface area contributed by atoms with Crippen molar-refractivity contribution in [2.45, 2.75) is 63.5 Å². The molecule has 36 heavy (non-hydrogen) atoms. The highest BCUT2D eigenvalue weighted by Crippen LogP contribution is 2.47. The van der Waals surface area contributed by atoms with Gasteiger partial charge in [0.2, 0.25) is 5.91 Å². The van der Waals surface area contributed by atoms with Gasteiger partial charge in [-0.2, -0.15) is 15.5 Å². The average molecular weight is 485 g/mol. The fraction of sp³-hybridized carbons (Fsp3) is 0.536. The molecular weight excluding hydrogens is 452 g/mol. The second kappa shape index (κ2) is 9.29. The van der Waals surface area contributed by atoms with E-state index in [1.54, 1.807) is 12.3 Å². The minimum atomic E-state index is 0.0859. The first-order valence-corrected chi connectivity index (χ1v) is 13.1. The number of amides is 1. The fourth-order valence-corrected chi connectivity index (χ4v) is 5.66. The molecule has 186 valence electrons. The summed E-state index contributed by atoms with van der Waals surface area (Å²) in [5.74, 6) is 1.91. The van der Waals surface area contributed by atoms with Crippen LogP contribution in [0.1, 0.15) is 67.0 Å². The summed E-state index contributed by atoms with van der Waals surface area (Å²) in [5, 5.41) is 18.5. The number of piperazine rings is 1. The molecule has 2 aromatic heterocycles. The third-order valence-corrected chi connectivity index (χ3v) is 8.10. The van der Waals surface area contributed by atoms with Gasteiger partial charge < -0.3 is 14.5 Å². The van der Waals surface area contributed by atoms with Crippen LogP contribution in [-0.2, 0) is 9.53 Å². The van der Waals surface area contributed by atoms with Crippen LogP contribution in [0.15, 0.2) is 18.8 Å². The predicted molar refractivity (Wildman–Crippen MR) is 136 cm³/mol. The Labute approximate surface area is 212 Å². The van der Waals surface area contributed by atoms with Crippen molar-refractivity contribution in [1.29, 1.82) is 5.26 Å². The van der Waals surface area contributed by atoms with E-state index in [2.05, 4.69) is 32.6 Å². The lowest BCUT2D eigenvalue weighted by Gasteiger charge is -2.43. The number of rotatable bonds is 7. The van der Waals surface area contributed by atoms with Crippen molar-refractivity contribution in [2.75, 3.05) is 31.1 Å². The summed E-state index contributed by atoms with van der Waals surface area (Å²) < 4.78 is 5.52. The van der Waals surface area contributed by atoms with Crippen molar-refractivity contribution in [1.82, 2.24) is 20.1 Å². The summed E-state index contributed by atoms with van der Waals surface area (Å²) in [7, 11) is 0. The Bertz CT molecular complexity index is 1240. The molecule has 2 aliphatic heterocycles. The van der Waals surface area contributed by atoms with Gasteiger partial charge in [-0.3, -0.25) is 4.79 Å². The molecule has 0 spiro atoms. The van der Waals surface area contributed by atoms with Gasteiger partial charge in [0.1, 0.15) is 11.9 Å². The van der Waals surface area contributed by atoms with Crippen LogP contribution in [-0.4, -0.2) is 64.4 Å². The number of hydrogen-bond donors (Lipinski definition) is 0. The number of nitriles is 1. The number of nitrogens with zero attached hydrogens (tertiary/aromatic N) is 6. The maximum atomic E-state index is 13.1. The first-order valence-electron chi connectivity index (χ1n) is 13.1. The SMILES string of the molecule is C=Cc1cc(-c2c(C3CC3)nc(N3CCN(C(=O)C[C@H]4CCO4)[C@H](C4CC4)C3)c(C#N)c2C)cnn1. The number of anilines is 1. The molecule has 2 aromatic rings. The van der Waals surface area contributed by atoms with Gasteiger partial charge in [0.25, 0.3) is 0 Å². The van der Waals surface area contributed by atoms with E-state index in [1.165, 1.54) is 0 Å². The number of ether oxygens (including phenoxy) is 1. The van der Waals surface area contributed by atoms with Gasteiger partial charge in [-0.15, -0.1) is 0 Å². The van der Waals surface area contributed by atoms with E-state index in [0.717, 1.165) is 73.5 Å². The van der Waals surface area contributed by atoms with E-state index in [9.17, 15) is 10.1 Å². The second-order valence-corrected chi connectivity index (χ2v) is 10.6. The number of carbonyl (C=O) groups excluding carboxylic acids is 1. The average Bonchev–Trinajstić information content (AvgIpc) is 3.78. The number of hydrogen-bond acceptors (Lipinski definition) is 7. The molecule has 0 radical (unpaired) electrons. The first kappa shape index (κ1) is 23.1. The smallest absolute Gasteiger partial charge is 0.225 e. The summed E-state index contributed by atoms with van der Waals surface area (Å²) in [4.78, 5) is 22.6. The van der Waals surface area contributed by atoms with E-state index in [1.807, 2.05) is 13.0 Å². The summed E-state index contributed by atoms with van der Waals surface area (Å²) in [5.41, 5.74) is 5.24. The minimum absolute atomic E-state index is 0.0859. The van der Waals surface area contributed by atoms with Crippen molar-refractivity contribution >= 4 is 17.8 Å². The number of carbonyl (C=O) groups is 1. The topological polar surface area (TPSA) is 95.2 Å².